The van der Waals surface area contributed by atoms with E-state index < -0.39 is 0 Å². The summed E-state index contributed by atoms with van der Waals surface area (Å²) >= 11 is 20.1. The molecule has 4 aliphatic carbocycles. The Kier molecular flexibility index (Phi) is 8.81. The molecule has 0 aromatic carbocycles. The molecule has 0 N–H and O–H groups in total. The summed E-state index contributed by atoms with van der Waals surface area (Å²) in [6.45, 7) is 15.8. The molecule has 4 saturated carbocycles. The molecule has 26 unspecified atom stereocenters. The molecular formula is C42H62S8. The van der Waals surface area contributed by atoms with Crippen molar-refractivity contribution < 1.29 is 0 Å². The fourth-order valence-electron chi connectivity index (χ4n) is 15.8. The Hall–Kier alpha value is 2.80. The van der Waals surface area contributed by atoms with Crippen LogP contribution in [-0.2, 0) is 0 Å². The largest absolute Gasteiger partial charge is 0.154 e. The molecule has 0 spiro atoms. The van der Waals surface area contributed by atoms with Crippen LogP contribution >= 0.6 is 94.1 Å². The van der Waals surface area contributed by atoms with Crippen molar-refractivity contribution in [3.63, 3.8) is 0 Å². The van der Waals surface area contributed by atoms with Gasteiger partial charge in [-0.1, -0.05) is 41.5 Å². The quantitative estimate of drug-likeness (QED) is 0.273. The first-order valence-electron chi connectivity index (χ1n) is 21.4. The summed E-state index contributed by atoms with van der Waals surface area (Å²) < 4.78 is 0. The van der Waals surface area contributed by atoms with Gasteiger partial charge in [-0.3, -0.25) is 0 Å². The SMILES string of the molecule is CC1CC2C(C)C3CC(C4CC5C(S4)C4SC(C6CC7C(C)C8CC(C9CC%10C(S9)C9SC(C)CC9[C@H]%10C)SC8C7S6)CC4[C@H]5C)SC3C2S1. The van der Waals surface area contributed by atoms with Crippen molar-refractivity contribution in [1.82, 2.24) is 0 Å². The highest BCUT2D eigenvalue weighted by atomic mass is 32.2. The molecule has 28 atom stereocenters. The first-order valence-corrected chi connectivity index (χ1v) is 29.0. The smallest absolute Gasteiger partial charge is 0.0203 e. The Morgan fingerprint density at radius 1 is 0.240 bits per heavy atom. The van der Waals surface area contributed by atoms with Crippen molar-refractivity contribution in [1.29, 1.82) is 0 Å². The van der Waals surface area contributed by atoms with Gasteiger partial charge in [0.25, 0.3) is 0 Å². The van der Waals surface area contributed by atoms with Gasteiger partial charge < -0.3 is 0 Å². The summed E-state index contributed by atoms with van der Waals surface area (Å²) in [5, 5.41) is 15.5. The van der Waals surface area contributed by atoms with E-state index in [4.69, 9.17) is 0 Å². The summed E-state index contributed by atoms with van der Waals surface area (Å²) in [5.74, 6) is 12.2. The molecule has 0 bridgehead atoms. The van der Waals surface area contributed by atoms with Crippen molar-refractivity contribution >= 4 is 94.1 Å². The van der Waals surface area contributed by atoms with Gasteiger partial charge in [0.15, 0.2) is 0 Å². The summed E-state index contributed by atoms with van der Waals surface area (Å²) in [6.07, 6.45) is 12.4. The summed E-state index contributed by atoms with van der Waals surface area (Å²) in [4.78, 5) is 0. The van der Waals surface area contributed by atoms with Crippen LogP contribution in [0.3, 0.4) is 0 Å². The van der Waals surface area contributed by atoms with E-state index in [9.17, 15) is 0 Å². The van der Waals surface area contributed by atoms with E-state index in [0.29, 0.717) is 0 Å². The molecule has 12 aliphatic rings. The Morgan fingerprint density at radius 3 is 0.640 bits per heavy atom. The number of fused-ring (bicyclic) bond motifs is 12. The van der Waals surface area contributed by atoms with Gasteiger partial charge in [-0.05, 0) is 122 Å². The maximum atomic E-state index is 2.73. The number of hydrogen-bond acceptors (Lipinski definition) is 8. The minimum Gasteiger partial charge on any atom is -0.154 e. The first kappa shape index (κ1) is 34.8. The molecule has 0 amide bonds. The van der Waals surface area contributed by atoms with Crippen molar-refractivity contribution in [3.05, 3.63) is 0 Å². The lowest BCUT2D eigenvalue weighted by Gasteiger charge is -2.25. The van der Waals surface area contributed by atoms with Crippen LogP contribution in [0.15, 0.2) is 0 Å². The van der Waals surface area contributed by atoms with Gasteiger partial charge in [0.05, 0.1) is 0 Å². The van der Waals surface area contributed by atoms with Crippen LogP contribution in [0.4, 0.5) is 0 Å². The Balaban J connectivity index is 0.679. The first-order chi connectivity index (χ1) is 24.2. The zero-order valence-corrected chi connectivity index (χ0v) is 37.6. The van der Waals surface area contributed by atoms with Crippen LogP contribution in [0.25, 0.3) is 0 Å². The Morgan fingerprint density at radius 2 is 0.420 bits per heavy atom. The second kappa shape index (κ2) is 12.6. The van der Waals surface area contributed by atoms with Crippen LogP contribution in [0.2, 0.25) is 0 Å². The lowest BCUT2D eigenvalue weighted by atomic mass is 9.82. The monoisotopic (exact) mass is 822 g/mol. The Labute approximate surface area is 339 Å². The highest BCUT2D eigenvalue weighted by Crippen LogP contribution is 2.71. The van der Waals surface area contributed by atoms with Crippen molar-refractivity contribution in [3.8, 4) is 0 Å². The number of hydrogen-bond donors (Lipinski definition) is 0. The lowest BCUT2D eigenvalue weighted by Crippen LogP contribution is -2.24. The van der Waals surface area contributed by atoms with Gasteiger partial charge in [-0.25, -0.2) is 0 Å². The highest BCUT2D eigenvalue weighted by molar-refractivity contribution is 8.09. The third kappa shape index (κ3) is 5.00. The lowest BCUT2D eigenvalue weighted by molar-refractivity contribution is 0.299. The highest BCUT2D eigenvalue weighted by Gasteiger charge is 2.65. The predicted molar refractivity (Wildman–Crippen MR) is 234 cm³/mol. The van der Waals surface area contributed by atoms with Crippen molar-refractivity contribution in [2.75, 3.05) is 0 Å². The van der Waals surface area contributed by atoms with Crippen LogP contribution in [0, 0.1) is 71.0 Å². The molecule has 8 heteroatoms. The van der Waals surface area contributed by atoms with E-state index in [2.05, 4.69) is 136 Å². The molecule has 0 aromatic rings. The molecule has 8 aliphatic heterocycles. The average molecular weight is 823 g/mol. The topological polar surface area (TPSA) is 0 Å². The van der Waals surface area contributed by atoms with E-state index in [1.165, 1.54) is 12.8 Å². The molecule has 12 rings (SSSR count). The standard InChI is InChI=1S/C42H62S8/c1-15-7-21-17(3)23-9-29(45-37(23)35(21)43-15)31-11-25-19(5)27-13-33(49-41(27)39(25)47-31)34-14-28-20(6)26-12-32(48-40(26)42(28)50-34)30-10-24-18(4)22-8-16(2)44-36(22)38(24)46-30/h15-42H,7-14H2,1-6H3/t15?,16?,17-,18?,19?,20+,21?,22?,23?,24?,25?,26?,27?,28?,29?,30?,31?,32?,33?,34?,35?,36?,37?,38?,39?,40?,41?,42?/m1/s1. The fourth-order valence-corrected chi connectivity index (χ4v) is 33.7. The predicted octanol–water partition coefficient (Wildman–Crippen LogP) is 11.5. The maximum absolute atomic E-state index is 2.73. The molecular weight excluding hydrogens is 761 g/mol. The maximum Gasteiger partial charge on any atom is 0.0203 e. The zero-order chi connectivity index (χ0) is 33.5. The van der Waals surface area contributed by atoms with Gasteiger partial charge in [0.1, 0.15) is 0 Å². The third-order valence-electron chi connectivity index (χ3n) is 18.3. The molecule has 8 saturated heterocycles. The van der Waals surface area contributed by atoms with E-state index in [1.54, 1.807) is 38.5 Å². The van der Waals surface area contributed by atoms with E-state index in [1.807, 2.05) is 0 Å². The van der Waals surface area contributed by atoms with Crippen LogP contribution < -0.4 is 0 Å². The van der Waals surface area contributed by atoms with E-state index in [0.717, 1.165) is 155 Å². The molecule has 50 heavy (non-hydrogen) atoms. The van der Waals surface area contributed by atoms with Gasteiger partial charge in [0, 0.05) is 84.0 Å². The minimum atomic E-state index is 0.914. The molecule has 8 heterocycles. The van der Waals surface area contributed by atoms with E-state index in [-0.39, 0.29) is 0 Å². The number of rotatable bonds is 3. The summed E-state index contributed by atoms with van der Waals surface area (Å²) in [6, 6.07) is 0. The van der Waals surface area contributed by atoms with Crippen LogP contribution in [0.5, 0.6) is 0 Å². The van der Waals surface area contributed by atoms with Crippen LogP contribution in [0.1, 0.15) is 92.9 Å². The number of thioether (sulfide) groups is 8. The minimum absolute atomic E-state index is 0.914. The molecule has 0 radical (unpaired) electrons. The molecule has 12 fully saturated rings. The average Bonchev–Trinajstić information content (AvgIpc) is 3.93. The van der Waals surface area contributed by atoms with E-state index >= 15 is 0 Å². The van der Waals surface area contributed by atoms with Gasteiger partial charge in [-0.2, -0.15) is 94.1 Å². The summed E-state index contributed by atoms with van der Waals surface area (Å²) in [7, 11) is 0. The fraction of sp³-hybridized carbons (Fsp3) is 1.00. The van der Waals surface area contributed by atoms with Crippen LogP contribution in [-0.4, -0.2) is 84.0 Å². The Bertz CT molecular complexity index is 1260. The van der Waals surface area contributed by atoms with Crippen molar-refractivity contribution in [2.24, 2.45) is 71.0 Å². The van der Waals surface area contributed by atoms with Gasteiger partial charge in [0.2, 0.25) is 0 Å². The molecule has 278 valence electrons. The van der Waals surface area contributed by atoms with Crippen molar-refractivity contribution in [2.45, 2.75) is 177 Å². The normalized spacial score (nSPS) is 68.5. The van der Waals surface area contributed by atoms with Gasteiger partial charge >= 0.3 is 0 Å². The third-order valence-corrected chi connectivity index (χ3v) is 33.7. The molecule has 0 aromatic heterocycles. The van der Waals surface area contributed by atoms with Gasteiger partial charge in [-0.15, -0.1) is 0 Å². The summed E-state index contributed by atoms with van der Waals surface area (Å²) in [5.41, 5.74) is 0. The second-order valence-electron chi connectivity index (χ2n) is 20.3. The molecule has 0 nitrogen and oxygen atoms in total. The zero-order valence-electron chi connectivity index (χ0n) is 31.1. The second-order valence-corrected chi connectivity index (χ2v) is 32.1.